The number of aromatic nitrogens is 1. The number of aryl methyl sites for hydroxylation is 1. The summed E-state index contributed by atoms with van der Waals surface area (Å²) < 4.78 is 13.2. The van der Waals surface area contributed by atoms with Crippen LogP contribution in [0, 0.1) is 24.1 Å². The molecule has 0 unspecified atom stereocenters. The van der Waals surface area contributed by atoms with E-state index in [0.717, 1.165) is 0 Å². The van der Waals surface area contributed by atoms with Gasteiger partial charge in [0.2, 0.25) is 0 Å². The van der Waals surface area contributed by atoms with E-state index in [4.69, 9.17) is 5.26 Å². The molecule has 2 rings (SSSR count). The number of carbonyl (C=O) groups is 1. The molecular formula is C14H10FN3OS. The highest BCUT2D eigenvalue weighted by molar-refractivity contribution is 7.13. The molecule has 0 saturated carbocycles. The molecule has 0 aliphatic carbocycles. The average molecular weight is 287 g/mol. The monoisotopic (exact) mass is 287 g/mol. The zero-order valence-electron chi connectivity index (χ0n) is 10.6. The Morgan fingerprint density at radius 1 is 1.55 bits per heavy atom. The summed E-state index contributed by atoms with van der Waals surface area (Å²) in [4.78, 5) is 15.8. The Labute approximate surface area is 119 Å². The molecule has 1 amide bonds. The minimum Gasteiger partial charge on any atom is -0.297 e. The van der Waals surface area contributed by atoms with E-state index in [1.165, 1.54) is 29.5 Å². The molecule has 1 N–H and O–H groups in total. The average Bonchev–Trinajstić information content (AvgIpc) is 2.92. The largest absolute Gasteiger partial charge is 0.297 e. The lowest BCUT2D eigenvalue weighted by Gasteiger charge is -2.01. The highest BCUT2D eigenvalue weighted by Crippen LogP contribution is 2.15. The number of nitrogens with zero attached hydrogens (tertiary/aromatic N) is 2. The van der Waals surface area contributed by atoms with E-state index in [2.05, 4.69) is 10.3 Å². The maximum absolute atomic E-state index is 13.2. The number of benzene rings is 1. The molecule has 20 heavy (non-hydrogen) atoms. The van der Waals surface area contributed by atoms with Gasteiger partial charge in [0.05, 0.1) is 0 Å². The highest BCUT2D eigenvalue weighted by Gasteiger charge is 2.11. The molecule has 100 valence electrons. The Balaban J connectivity index is 2.22. The molecule has 1 aromatic carbocycles. The Bertz CT molecular complexity index is 702. The van der Waals surface area contributed by atoms with E-state index in [-0.39, 0.29) is 11.4 Å². The minimum absolute atomic E-state index is 0.0637. The summed E-state index contributed by atoms with van der Waals surface area (Å²) in [6.45, 7) is 1.62. The Morgan fingerprint density at radius 3 is 2.95 bits per heavy atom. The number of nitriles is 1. The molecule has 0 saturated heterocycles. The maximum Gasteiger partial charge on any atom is 0.268 e. The van der Waals surface area contributed by atoms with Crippen molar-refractivity contribution in [2.75, 3.05) is 5.32 Å². The van der Waals surface area contributed by atoms with Crippen molar-refractivity contribution in [3.05, 3.63) is 52.3 Å². The predicted octanol–water partition coefficient (Wildman–Crippen LogP) is 3.14. The van der Waals surface area contributed by atoms with Crippen molar-refractivity contribution in [2.24, 2.45) is 0 Å². The first-order valence-corrected chi connectivity index (χ1v) is 6.57. The normalized spacial score (nSPS) is 10.9. The fourth-order valence-electron chi connectivity index (χ4n) is 1.52. The van der Waals surface area contributed by atoms with Crippen LogP contribution in [0.4, 0.5) is 9.52 Å². The molecule has 0 atom stereocenters. The highest BCUT2D eigenvalue weighted by atomic mass is 32.1. The number of amides is 1. The third kappa shape index (κ3) is 3.28. The lowest BCUT2D eigenvalue weighted by Crippen LogP contribution is -2.13. The van der Waals surface area contributed by atoms with Crippen molar-refractivity contribution in [3.8, 4) is 6.07 Å². The Hall–Kier alpha value is -2.52. The van der Waals surface area contributed by atoms with Crippen LogP contribution in [0.1, 0.15) is 11.1 Å². The van der Waals surface area contributed by atoms with E-state index in [0.29, 0.717) is 16.3 Å². The van der Waals surface area contributed by atoms with Gasteiger partial charge >= 0.3 is 0 Å². The molecule has 1 aromatic heterocycles. The maximum atomic E-state index is 13.2. The quantitative estimate of drug-likeness (QED) is 0.696. The summed E-state index contributed by atoms with van der Waals surface area (Å²) >= 11 is 1.26. The summed E-state index contributed by atoms with van der Waals surface area (Å²) in [6, 6.07) is 6.21. The predicted molar refractivity (Wildman–Crippen MR) is 75.5 cm³/mol. The standard InChI is InChI=1S/C14H10FN3OS/c1-9-6-10(2-3-12(9)15)7-11(8-16)13(19)18-14-17-4-5-20-14/h2-7H,1H3,(H,17,18,19)/b11-7-. The first-order chi connectivity index (χ1) is 9.60. The van der Waals surface area contributed by atoms with E-state index < -0.39 is 5.91 Å². The lowest BCUT2D eigenvalue weighted by molar-refractivity contribution is -0.112. The number of thiazole rings is 1. The SMILES string of the molecule is Cc1cc(/C=C(/C#N)C(=O)Nc2nccs2)ccc1F. The van der Waals surface area contributed by atoms with Crippen LogP contribution in [-0.2, 0) is 4.79 Å². The fourth-order valence-corrected chi connectivity index (χ4v) is 2.05. The molecule has 0 bridgehead atoms. The summed E-state index contributed by atoms with van der Waals surface area (Å²) in [5, 5.41) is 13.7. The molecule has 0 fully saturated rings. The van der Waals surface area contributed by atoms with Gasteiger partial charge in [-0.1, -0.05) is 6.07 Å². The van der Waals surface area contributed by atoms with Crippen LogP contribution in [0.25, 0.3) is 6.08 Å². The fraction of sp³-hybridized carbons (Fsp3) is 0.0714. The van der Waals surface area contributed by atoms with Gasteiger partial charge in [0.15, 0.2) is 5.13 Å². The molecule has 4 nitrogen and oxygen atoms in total. The number of hydrogen-bond donors (Lipinski definition) is 1. The van der Waals surface area contributed by atoms with Crippen LogP contribution < -0.4 is 5.32 Å². The van der Waals surface area contributed by atoms with Crippen LogP contribution in [0.2, 0.25) is 0 Å². The van der Waals surface area contributed by atoms with Gasteiger partial charge in [-0.25, -0.2) is 9.37 Å². The number of carbonyl (C=O) groups excluding carboxylic acids is 1. The molecule has 0 spiro atoms. The number of anilines is 1. The lowest BCUT2D eigenvalue weighted by atomic mass is 10.1. The third-order valence-corrected chi connectivity index (χ3v) is 3.20. The van der Waals surface area contributed by atoms with Gasteiger partial charge in [-0.2, -0.15) is 5.26 Å². The second kappa shape index (κ2) is 6.08. The van der Waals surface area contributed by atoms with Crippen molar-refractivity contribution in [1.29, 1.82) is 5.26 Å². The van der Waals surface area contributed by atoms with Crippen molar-refractivity contribution in [2.45, 2.75) is 6.92 Å². The van der Waals surface area contributed by atoms with Gasteiger partial charge in [0, 0.05) is 11.6 Å². The molecule has 6 heteroatoms. The van der Waals surface area contributed by atoms with Gasteiger partial charge in [0.1, 0.15) is 17.5 Å². The number of rotatable bonds is 3. The summed E-state index contributed by atoms with van der Waals surface area (Å²) in [5.74, 6) is -0.864. The number of hydrogen-bond acceptors (Lipinski definition) is 4. The zero-order valence-corrected chi connectivity index (χ0v) is 11.4. The molecule has 1 heterocycles. The molecule has 2 aromatic rings. The molecule has 0 radical (unpaired) electrons. The smallest absolute Gasteiger partial charge is 0.268 e. The number of nitrogens with one attached hydrogen (secondary N) is 1. The van der Waals surface area contributed by atoms with E-state index >= 15 is 0 Å². The van der Waals surface area contributed by atoms with Gasteiger partial charge in [0.25, 0.3) is 5.91 Å². The van der Waals surface area contributed by atoms with Gasteiger partial charge in [-0.3, -0.25) is 10.1 Å². The molecular weight excluding hydrogens is 277 g/mol. The summed E-state index contributed by atoms with van der Waals surface area (Å²) in [5.41, 5.74) is 0.984. The minimum atomic E-state index is -0.538. The van der Waals surface area contributed by atoms with E-state index in [9.17, 15) is 9.18 Å². The Kier molecular flexibility index (Phi) is 4.23. The Morgan fingerprint density at radius 2 is 2.35 bits per heavy atom. The van der Waals surface area contributed by atoms with Crippen LogP contribution in [-0.4, -0.2) is 10.9 Å². The second-order valence-corrected chi connectivity index (χ2v) is 4.86. The van der Waals surface area contributed by atoms with E-state index in [1.54, 1.807) is 24.6 Å². The first-order valence-electron chi connectivity index (χ1n) is 5.69. The first kappa shape index (κ1) is 13.9. The van der Waals surface area contributed by atoms with Crippen LogP contribution >= 0.6 is 11.3 Å². The zero-order chi connectivity index (χ0) is 14.5. The number of halogens is 1. The molecule has 0 aliphatic rings. The van der Waals surface area contributed by atoms with Crippen LogP contribution in [0.15, 0.2) is 35.3 Å². The van der Waals surface area contributed by atoms with Crippen molar-refractivity contribution in [3.63, 3.8) is 0 Å². The summed E-state index contributed by atoms with van der Waals surface area (Å²) in [6.07, 6.45) is 2.97. The van der Waals surface area contributed by atoms with Gasteiger partial charge < -0.3 is 0 Å². The second-order valence-electron chi connectivity index (χ2n) is 3.97. The summed E-state index contributed by atoms with van der Waals surface area (Å²) in [7, 11) is 0. The van der Waals surface area contributed by atoms with E-state index in [1.807, 2.05) is 6.07 Å². The van der Waals surface area contributed by atoms with Crippen LogP contribution in [0.3, 0.4) is 0 Å². The topological polar surface area (TPSA) is 65.8 Å². The van der Waals surface area contributed by atoms with Crippen molar-refractivity contribution < 1.29 is 9.18 Å². The van der Waals surface area contributed by atoms with Crippen molar-refractivity contribution >= 4 is 28.5 Å². The van der Waals surface area contributed by atoms with Crippen molar-refractivity contribution in [1.82, 2.24) is 4.98 Å². The molecule has 0 aliphatic heterocycles. The van der Waals surface area contributed by atoms with Gasteiger partial charge in [-0.05, 0) is 36.3 Å². The third-order valence-electron chi connectivity index (χ3n) is 2.51. The van der Waals surface area contributed by atoms with Crippen LogP contribution in [0.5, 0.6) is 0 Å². The van der Waals surface area contributed by atoms with Gasteiger partial charge in [-0.15, -0.1) is 11.3 Å².